The van der Waals surface area contributed by atoms with Crippen molar-refractivity contribution in [2.24, 2.45) is 0 Å². The van der Waals surface area contributed by atoms with Crippen LogP contribution in [-0.4, -0.2) is 41.2 Å². The number of rotatable bonds is 3. The number of hydrogen-bond acceptors (Lipinski definition) is 5. The van der Waals surface area contributed by atoms with E-state index < -0.39 is 5.60 Å². The third kappa shape index (κ3) is 2.80. The molecule has 24 heavy (non-hydrogen) atoms. The first kappa shape index (κ1) is 16.2. The molecule has 0 amide bonds. The van der Waals surface area contributed by atoms with E-state index in [0.717, 1.165) is 57.6 Å². The molecule has 0 radical (unpaired) electrons. The highest BCUT2D eigenvalue weighted by atomic mass is 32.1. The third-order valence-corrected chi connectivity index (χ3v) is 6.51. The number of nitrogens with one attached hydrogen (secondary N) is 1. The van der Waals surface area contributed by atoms with Gasteiger partial charge < -0.3 is 10.4 Å². The Bertz CT molecular complexity index is 645. The van der Waals surface area contributed by atoms with Crippen molar-refractivity contribution >= 4 is 11.3 Å². The Hall–Kier alpha value is -1.27. The zero-order valence-corrected chi connectivity index (χ0v) is 14.8. The molecule has 2 fully saturated rings. The first-order valence-corrected chi connectivity index (χ1v) is 9.80. The first-order valence-electron chi connectivity index (χ1n) is 8.85. The van der Waals surface area contributed by atoms with Crippen molar-refractivity contribution in [1.29, 1.82) is 0 Å². The van der Waals surface area contributed by atoms with Gasteiger partial charge in [-0.15, -0.1) is 0 Å². The molecule has 2 aromatic heterocycles. The molecule has 128 valence electrons. The summed E-state index contributed by atoms with van der Waals surface area (Å²) in [5, 5.41) is 19.1. The van der Waals surface area contributed by atoms with E-state index in [0.29, 0.717) is 0 Å². The Morgan fingerprint density at radius 2 is 1.88 bits per heavy atom. The van der Waals surface area contributed by atoms with Crippen LogP contribution in [0.15, 0.2) is 41.2 Å². The summed E-state index contributed by atoms with van der Waals surface area (Å²) < 4.78 is 0. The van der Waals surface area contributed by atoms with E-state index in [2.05, 4.69) is 32.0 Å². The minimum Gasteiger partial charge on any atom is -0.384 e. The van der Waals surface area contributed by atoms with Gasteiger partial charge in [-0.05, 0) is 60.2 Å². The van der Waals surface area contributed by atoms with E-state index in [-0.39, 0.29) is 5.54 Å². The van der Waals surface area contributed by atoms with E-state index in [1.54, 1.807) is 17.5 Å². The summed E-state index contributed by atoms with van der Waals surface area (Å²) in [4.78, 5) is 7.07. The second-order valence-electron chi connectivity index (χ2n) is 7.03. The van der Waals surface area contributed by atoms with E-state index in [1.165, 1.54) is 5.56 Å². The summed E-state index contributed by atoms with van der Waals surface area (Å²) in [6, 6.07) is 8.11. The molecule has 1 aliphatic carbocycles. The van der Waals surface area contributed by atoms with Crippen LogP contribution in [0.3, 0.4) is 0 Å². The Morgan fingerprint density at radius 1 is 1.08 bits per heavy atom. The molecule has 1 saturated heterocycles. The molecule has 3 heterocycles. The van der Waals surface area contributed by atoms with E-state index in [4.69, 9.17) is 0 Å². The number of nitrogens with zero attached hydrogens (tertiary/aromatic N) is 2. The van der Waals surface area contributed by atoms with Gasteiger partial charge in [-0.2, -0.15) is 11.3 Å². The average molecular weight is 343 g/mol. The lowest BCUT2D eigenvalue weighted by Gasteiger charge is -2.51. The lowest BCUT2D eigenvalue weighted by molar-refractivity contribution is -0.0678. The van der Waals surface area contributed by atoms with Gasteiger partial charge >= 0.3 is 0 Å². The van der Waals surface area contributed by atoms with Crippen LogP contribution in [0.2, 0.25) is 0 Å². The van der Waals surface area contributed by atoms with Gasteiger partial charge in [0.25, 0.3) is 0 Å². The van der Waals surface area contributed by atoms with Crippen LogP contribution in [0.1, 0.15) is 36.9 Å². The van der Waals surface area contributed by atoms with Crippen LogP contribution in [0.5, 0.6) is 0 Å². The van der Waals surface area contributed by atoms with Crippen molar-refractivity contribution in [2.45, 2.75) is 36.8 Å². The normalized spacial score (nSPS) is 31.9. The second-order valence-corrected chi connectivity index (χ2v) is 7.81. The Kier molecular flexibility index (Phi) is 4.43. The quantitative estimate of drug-likeness (QED) is 0.900. The zero-order valence-electron chi connectivity index (χ0n) is 13.9. The number of aliphatic hydroxyl groups is 1. The van der Waals surface area contributed by atoms with Crippen molar-refractivity contribution in [1.82, 2.24) is 15.2 Å². The fourth-order valence-electron chi connectivity index (χ4n) is 4.38. The van der Waals surface area contributed by atoms with Gasteiger partial charge in [0.2, 0.25) is 0 Å². The van der Waals surface area contributed by atoms with E-state index >= 15 is 0 Å². The summed E-state index contributed by atoms with van der Waals surface area (Å²) in [6.07, 6.45) is 5.28. The summed E-state index contributed by atoms with van der Waals surface area (Å²) >= 11 is 1.77. The van der Waals surface area contributed by atoms with Crippen molar-refractivity contribution in [3.8, 4) is 0 Å². The second kappa shape index (κ2) is 6.56. The van der Waals surface area contributed by atoms with Crippen molar-refractivity contribution in [2.75, 3.05) is 26.2 Å². The van der Waals surface area contributed by atoms with Gasteiger partial charge in [0.05, 0.1) is 5.69 Å². The maximum atomic E-state index is 11.2. The molecule has 0 atom stereocenters. The molecule has 0 bridgehead atoms. The zero-order chi connectivity index (χ0) is 16.5. The highest BCUT2D eigenvalue weighted by Gasteiger charge is 2.47. The molecule has 2 aliphatic rings. The topological polar surface area (TPSA) is 48.4 Å². The van der Waals surface area contributed by atoms with Crippen LogP contribution < -0.4 is 5.32 Å². The van der Waals surface area contributed by atoms with Crippen molar-refractivity contribution < 1.29 is 5.11 Å². The molecule has 2 aromatic rings. The summed E-state index contributed by atoms with van der Waals surface area (Å²) in [7, 11) is 0. The average Bonchev–Trinajstić information content (AvgIpc) is 3.19. The number of piperazine rings is 1. The minimum absolute atomic E-state index is 0.0725. The summed E-state index contributed by atoms with van der Waals surface area (Å²) in [5.74, 6) is 0. The Morgan fingerprint density at radius 3 is 2.50 bits per heavy atom. The lowest BCUT2D eigenvalue weighted by Crippen LogP contribution is -2.56. The molecule has 0 spiro atoms. The van der Waals surface area contributed by atoms with Gasteiger partial charge in [-0.3, -0.25) is 9.88 Å². The number of hydrogen-bond donors (Lipinski definition) is 2. The number of aromatic nitrogens is 1. The highest BCUT2D eigenvalue weighted by Crippen LogP contribution is 2.49. The van der Waals surface area contributed by atoms with Gasteiger partial charge in [-0.25, -0.2) is 0 Å². The molecule has 4 nitrogen and oxygen atoms in total. The molecule has 4 rings (SSSR count). The molecule has 2 N–H and O–H groups in total. The minimum atomic E-state index is -0.783. The van der Waals surface area contributed by atoms with Crippen LogP contribution in [0.4, 0.5) is 0 Å². The van der Waals surface area contributed by atoms with Crippen molar-refractivity contribution in [3.63, 3.8) is 0 Å². The molecule has 1 aliphatic heterocycles. The third-order valence-electron chi connectivity index (χ3n) is 5.83. The predicted octanol–water partition coefficient (Wildman–Crippen LogP) is 2.71. The SMILES string of the molecule is OC1(c2ccccn2)CCC(c2ccsc2)(N2CCNCC2)CC1. The van der Waals surface area contributed by atoms with Crippen LogP contribution in [0, 0.1) is 0 Å². The van der Waals surface area contributed by atoms with Crippen molar-refractivity contribution in [3.05, 3.63) is 52.5 Å². The predicted molar refractivity (Wildman–Crippen MR) is 97.0 cm³/mol. The molecule has 0 aromatic carbocycles. The lowest BCUT2D eigenvalue weighted by atomic mass is 9.69. The smallest absolute Gasteiger partial charge is 0.107 e. The van der Waals surface area contributed by atoms with Gasteiger partial charge in [0, 0.05) is 37.9 Å². The van der Waals surface area contributed by atoms with Gasteiger partial charge in [0.1, 0.15) is 5.60 Å². The fraction of sp³-hybridized carbons (Fsp3) is 0.526. The maximum Gasteiger partial charge on any atom is 0.107 e. The van der Waals surface area contributed by atoms with E-state index in [1.807, 2.05) is 18.2 Å². The van der Waals surface area contributed by atoms with Crippen LogP contribution in [-0.2, 0) is 11.1 Å². The monoisotopic (exact) mass is 343 g/mol. The Labute approximate surface area is 147 Å². The standard InChI is InChI=1S/C19H25N3OS/c23-19(17-3-1-2-9-21-17)7-5-18(6-8-19,16-4-14-24-15-16)22-12-10-20-11-13-22/h1-4,9,14-15,20,23H,5-8,10-13H2. The molecular weight excluding hydrogens is 318 g/mol. The Balaban J connectivity index is 1.61. The maximum absolute atomic E-state index is 11.2. The number of thiophene rings is 1. The summed E-state index contributed by atoms with van der Waals surface area (Å²) in [5.41, 5.74) is 1.54. The fourth-order valence-corrected chi connectivity index (χ4v) is 5.13. The van der Waals surface area contributed by atoms with Crippen LogP contribution >= 0.6 is 11.3 Å². The van der Waals surface area contributed by atoms with E-state index in [9.17, 15) is 5.11 Å². The number of pyridine rings is 1. The molecule has 0 unspecified atom stereocenters. The van der Waals surface area contributed by atoms with Crippen LogP contribution in [0.25, 0.3) is 0 Å². The first-order chi connectivity index (χ1) is 11.7. The molecule has 5 heteroatoms. The largest absolute Gasteiger partial charge is 0.384 e. The highest BCUT2D eigenvalue weighted by molar-refractivity contribution is 7.08. The van der Waals surface area contributed by atoms with Gasteiger partial charge in [0.15, 0.2) is 0 Å². The molecule has 1 saturated carbocycles. The summed E-state index contributed by atoms with van der Waals surface area (Å²) in [6.45, 7) is 4.27. The van der Waals surface area contributed by atoms with Gasteiger partial charge in [-0.1, -0.05) is 6.07 Å². The molecular formula is C19H25N3OS.